The second-order valence-electron chi connectivity index (χ2n) is 13.6. The van der Waals surface area contributed by atoms with Crippen LogP contribution in [0.25, 0.3) is 0 Å². The molecule has 2 heterocycles. The van der Waals surface area contributed by atoms with Crippen molar-refractivity contribution in [1.29, 1.82) is 0 Å². The fourth-order valence-electron chi connectivity index (χ4n) is 9.25. The van der Waals surface area contributed by atoms with Gasteiger partial charge in [-0.05, 0) is 76.8 Å². The molecule has 43 heavy (non-hydrogen) atoms. The highest BCUT2D eigenvalue weighted by molar-refractivity contribution is 5.77. The molecule has 0 unspecified atom stereocenters. The van der Waals surface area contributed by atoms with Gasteiger partial charge in [0.1, 0.15) is 11.9 Å². The third-order valence-corrected chi connectivity index (χ3v) is 11.0. The molecule has 2 aromatic rings. The maximum Gasteiger partial charge on any atom is 0.223 e. The smallest absolute Gasteiger partial charge is 0.223 e. The minimum atomic E-state index is -0.216. The number of unbranched alkanes of at least 4 members (excludes halogenated alkanes) is 4. The van der Waals surface area contributed by atoms with Crippen LogP contribution in [0, 0.1) is 5.92 Å². The van der Waals surface area contributed by atoms with Gasteiger partial charge in [0.15, 0.2) is 11.5 Å². The lowest BCUT2D eigenvalue weighted by Crippen LogP contribution is -2.69. The zero-order valence-electron chi connectivity index (χ0n) is 26.4. The normalized spacial score (nSPS) is 27.0. The van der Waals surface area contributed by atoms with Crippen LogP contribution < -0.4 is 9.47 Å². The van der Waals surface area contributed by atoms with Gasteiger partial charge in [-0.1, -0.05) is 55.7 Å². The molecule has 1 N–H and O–H groups in total. The molecule has 1 saturated heterocycles. The number of methoxy groups -OCH3 is 1. The molecule has 6 rings (SSSR count). The van der Waals surface area contributed by atoms with Crippen LogP contribution in [0.4, 0.5) is 0 Å². The number of rotatable bonds is 13. The Morgan fingerprint density at radius 1 is 1.19 bits per heavy atom. The van der Waals surface area contributed by atoms with E-state index in [0.717, 1.165) is 69.3 Å². The highest BCUT2D eigenvalue weighted by atomic mass is 16.5. The highest BCUT2D eigenvalue weighted by Gasteiger charge is 2.67. The van der Waals surface area contributed by atoms with Gasteiger partial charge in [0.25, 0.3) is 0 Å². The van der Waals surface area contributed by atoms with E-state index in [4.69, 9.17) is 9.47 Å². The molecule has 0 aromatic heterocycles. The number of aryl methyl sites for hydroxylation is 1. The number of amides is 1. The summed E-state index contributed by atoms with van der Waals surface area (Å²) in [6.45, 7) is 10.2. The van der Waals surface area contributed by atoms with Gasteiger partial charge in [-0.2, -0.15) is 0 Å². The Balaban J connectivity index is 1.18. The van der Waals surface area contributed by atoms with Crippen LogP contribution >= 0.6 is 0 Å². The first-order chi connectivity index (χ1) is 20.9. The maximum atomic E-state index is 14.0. The van der Waals surface area contributed by atoms with Crippen molar-refractivity contribution in [2.24, 2.45) is 5.92 Å². The van der Waals surface area contributed by atoms with Crippen molar-refractivity contribution in [2.75, 3.05) is 20.2 Å². The molecule has 1 spiro atoms. The number of carbonyl (C=O) groups is 1. The van der Waals surface area contributed by atoms with Gasteiger partial charge in [-0.3, -0.25) is 9.69 Å². The average molecular weight is 587 g/mol. The fraction of sp³-hybridized carbons (Fsp3) is 0.595. The van der Waals surface area contributed by atoms with Crippen molar-refractivity contribution < 1.29 is 19.4 Å². The van der Waals surface area contributed by atoms with Gasteiger partial charge in [-0.25, -0.2) is 0 Å². The SMILES string of the molecule is C=CCN1CC[C@]23c4c5c(O)cc(OC)c4O[C@H]2[C@H](N(C(=O)CCCCCCCc2ccccc2)C(C)C)CC[C@H]3[C@H]1C5. The van der Waals surface area contributed by atoms with Crippen LogP contribution in [0.1, 0.15) is 88.3 Å². The van der Waals surface area contributed by atoms with Gasteiger partial charge in [0.2, 0.25) is 5.91 Å². The second kappa shape index (κ2) is 12.6. The highest BCUT2D eigenvalue weighted by Crippen LogP contribution is 2.65. The van der Waals surface area contributed by atoms with Crippen LogP contribution in [0.5, 0.6) is 17.2 Å². The Hall–Kier alpha value is -2.99. The van der Waals surface area contributed by atoms with Gasteiger partial charge in [0.05, 0.1) is 13.2 Å². The maximum absolute atomic E-state index is 14.0. The lowest BCUT2D eigenvalue weighted by molar-refractivity contribution is -0.145. The number of benzene rings is 2. The molecule has 2 fully saturated rings. The largest absolute Gasteiger partial charge is 0.508 e. The van der Waals surface area contributed by atoms with Crippen molar-refractivity contribution >= 4 is 5.91 Å². The first kappa shape index (κ1) is 30.1. The molecular formula is C37H50N2O4. The van der Waals surface area contributed by atoms with Crippen LogP contribution in [0.2, 0.25) is 0 Å². The fourth-order valence-corrected chi connectivity index (χ4v) is 9.25. The summed E-state index contributed by atoms with van der Waals surface area (Å²) >= 11 is 0. The molecule has 2 bridgehead atoms. The molecule has 1 saturated carbocycles. The Kier molecular flexibility index (Phi) is 8.77. The first-order valence-electron chi connectivity index (χ1n) is 16.7. The van der Waals surface area contributed by atoms with Crippen LogP contribution in [-0.2, 0) is 23.1 Å². The van der Waals surface area contributed by atoms with Crippen molar-refractivity contribution in [3.05, 3.63) is 65.7 Å². The summed E-state index contributed by atoms with van der Waals surface area (Å²) in [6.07, 6.45) is 13.0. The van der Waals surface area contributed by atoms with Crippen LogP contribution in [0.15, 0.2) is 49.1 Å². The number of ether oxygens (including phenoxy) is 2. The number of nitrogens with zero attached hydrogens (tertiary/aromatic N) is 2. The van der Waals surface area contributed by atoms with E-state index in [0.29, 0.717) is 29.9 Å². The molecule has 2 aliphatic heterocycles. The Morgan fingerprint density at radius 3 is 2.70 bits per heavy atom. The minimum Gasteiger partial charge on any atom is -0.508 e. The number of likely N-dealkylation sites (tertiary alicyclic amines) is 1. The van der Waals surface area contributed by atoms with Gasteiger partial charge < -0.3 is 19.5 Å². The summed E-state index contributed by atoms with van der Waals surface area (Å²) in [7, 11) is 1.65. The number of carbonyl (C=O) groups excluding carboxylic acids is 1. The standard InChI is InChI=1S/C37H50N2O4/c1-5-21-38-22-20-37-28-18-19-29(36(37)43-35-32(42-4)24-31(40)27(34(35)37)23-30(28)38)39(25(2)3)33(41)17-13-8-6-7-10-14-26-15-11-9-12-16-26/h5,9,11-12,15-16,24-25,28-30,36,40H,1,6-8,10,13-14,17-23H2,2-4H3/t28-,29+,30+,36-,37-/m0/s1. The van der Waals surface area contributed by atoms with E-state index in [1.807, 2.05) is 6.08 Å². The van der Waals surface area contributed by atoms with Gasteiger partial charge >= 0.3 is 0 Å². The molecule has 2 aliphatic carbocycles. The predicted molar refractivity (Wildman–Crippen MR) is 171 cm³/mol. The van der Waals surface area contributed by atoms with Crippen LogP contribution in [-0.4, -0.2) is 65.2 Å². The van der Waals surface area contributed by atoms with Crippen LogP contribution in [0.3, 0.4) is 0 Å². The van der Waals surface area contributed by atoms with E-state index < -0.39 is 0 Å². The number of hydrogen-bond donors (Lipinski definition) is 1. The Morgan fingerprint density at radius 2 is 1.95 bits per heavy atom. The van der Waals surface area contributed by atoms with E-state index in [2.05, 4.69) is 60.6 Å². The lowest BCUT2D eigenvalue weighted by atomic mass is 9.50. The monoisotopic (exact) mass is 586 g/mol. The van der Waals surface area contributed by atoms with Crippen molar-refractivity contribution in [3.63, 3.8) is 0 Å². The summed E-state index contributed by atoms with van der Waals surface area (Å²) in [5.41, 5.74) is 3.38. The van der Waals surface area contributed by atoms with E-state index in [9.17, 15) is 9.90 Å². The summed E-state index contributed by atoms with van der Waals surface area (Å²) in [6, 6.07) is 12.9. The lowest BCUT2D eigenvalue weighted by Gasteiger charge is -2.60. The zero-order valence-corrected chi connectivity index (χ0v) is 26.4. The Labute approximate surface area is 258 Å². The van der Waals surface area contributed by atoms with E-state index in [1.54, 1.807) is 13.2 Å². The minimum absolute atomic E-state index is 0.00595. The van der Waals surface area contributed by atoms with Gasteiger partial charge in [-0.15, -0.1) is 6.58 Å². The summed E-state index contributed by atoms with van der Waals surface area (Å²) in [4.78, 5) is 18.7. The third kappa shape index (κ3) is 5.24. The molecule has 1 amide bonds. The van der Waals surface area contributed by atoms with E-state index in [-0.39, 0.29) is 29.5 Å². The number of piperidine rings is 1. The molecule has 4 aliphatic rings. The topological polar surface area (TPSA) is 62.2 Å². The zero-order chi connectivity index (χ0) is 30.1. The second-order valence-corrected chi connectivity index (χ2v) is 13.6. The number of phenols is 1. The Bertz CT molecular complexity index is 1310. The third-order valence-electron chi connectivity index (χ3n) is 11.0. The number of hydrogen-bond acceptors (Lipinski definition) is 5. The quantitative estimate of drug-likeness (QED) is 0.206. The predicted octanol–water partition coefficient (Wildman–Crippen LogP) is 6.81. The van der Waals surface area contributed by atoms with E-state index in [1.165, 1.54) is 30.4 Å². The average Bonchev–Trinajstić information content (AvgIpc) is 3.34. The summed E-state index contributed by atoms with van der Waals surface area (Å²) in [5.74, 6) is 2.40. The summed E-state index contributed by atoms with van der Waals surface area (Å²) in [5, 5.41) is 11.2. The van der Waals surface area contributed by atoms with Crippen molar-refractivity contribution in [1.82, 2.24) is 9.80 Å². The number of aromatic hydroxyl groups is 1. The molecule has 232 valence electrons. The van der Waals surface area contributed by atoms with Gasteiger partial charge in [0, 0.05) is 47.7 Å². The molecule has 6 heteroatoms. The van der Waals surface area contributed by atoms with Crippen molar-refractivity contribution in [2.45, 2.75) is 114 Å². The van der Waals surface area contributed by atoms with Crippen molar-refractivity contribution in [3.8, 4) is 17.2 Å². The molecule has 6 nitrogen and oxygen atoms in total. The molecular weight excluding hydrogens is 536 g/mol. The molecule has 5 atom stereocenters. The van der Waals surface area contributed by atoms with E-state index >= 15 is 0 Å². The first-order valence-corrected chi connectivity index (χ1v) is 16.7. The summed E-state index contributed by atoms with van der Waals surface area (Å²) < 4.78 is 12.8. The molecule has 0 radical (unpaired) electrons. The number of phenolic OH excluding ortho intramolecular Hbond substituents is 1. The molecule has 2 aromatic carbocycles.